The van der Waals surface area contributed by atoms with Crippen molar-refractivity contribution in [2.75, 3.05) is 13.7 Å². The fourth-order valence-electron chi connectivity index (χ4n) is 3.87. The molecule has 0 N–H and O–H groups in total. The quantitative estimate of drug-likeness (QED) is 0.363. The molecule has 1 atom stereocenters. The van der Waals surface area contributed by atoms with E-state index in [2.05, 4.69) is 31.9 Å². The predicted octanol–water partition coefficient (Wildman–Crippen LogP) is 4.71. The van der Waals surface area contributed by atoms with Crippen LogP contribution < -0.4 is 19.6 Å². The maximum absolute atomic E-state index is 13.7. The van der Waals surface area contributed by atoms with Crippen LogP contribution in [-0.2, 0) is 9.53 Å². The number of carbonyl (C=O) groups is 1. The SMILES string of the molecule is CCCC1=C(C(=O)OCC)[C@H](c2cc(Br)ccc2OC)n2c(s/c(=C/c3ccc(Br)o3)c2=O)=N1. The summed E-state index contributed by atoms with van der Waals surface area (Å²) in [5, 5.41) is 0. The first-order chi connectivity index (χ1) is 16.4. The Hall–Kier alpha value is -2.43. The van der Waals surface area contributed by atoms with Crippen LogP contribution in [0.3, 0.4) is 0 Å². The first-order valence-electron chi connectivity index (χ1n) is 10.7. The Labute approximate surface area is 216 Å². The molecule has 1 aliphatic heterocycles. The van der Waals surface area contributed by atoms with E-state index in [0.29, 0.717) is 48.8 Å². The van der Waals surface area contributed by atoms with Crippen molar-refractivity contribution in [3.63, 3.8) is 0 Å². The van der Waals surface area contributed by atoms with Gasteiger partial charge in [0.1, 0.15) is 17.6 Å². The van der Waals surface area contributed by atoms with E-state index in [1.807, 2.05) is 19.1 Å². The molecule has 0 unspecified atom stereocenters. The first kappa shape index (κ1) is 24.7. The lowest BCUT2D eigenvalue weighted by atomic mass is 9.93. The largest absolute Gasteiger partial charge is 0.496 e. The molecule has 0 saturated heterocycles. The van der Waals surface area contributed by atoms with E-state index in [4.69, 9.17) is 18.9 Å². The number of halogens is 2. The van der Waals surface area contributed by atoms with Gasteiger partial charge in [-0.25, -0.2) is 9.79 Å². The lowest BCUT2D eigenvalue weighted by Crippen LogP contribution is -2.40. The van der Waals surface area contributed by atoms with Crippen molar-refractivity contribution in [3.05, 3.63) is 81.8 Å². The number of allylic oxidation sites excluding steroid dienone is 1. The second kappa shape index (κ2) is 10.5. The van der Waals surface area contributed by atoms with Gasteiger partial charge in [-0.15, -0.1) is 0 Å². The minimum atomic E-state index is -0.755. The van der Waals surface area contributed by atoms with Crippen LogP contribution in [0.1, 0.15) is 44.1 Å². The van der Waals surface area contributed by atoms with Gasteiger partial charge in [0.2, 0.25) is 0 Å². The number of ether oxygens (including phenoxy) is 2. The van der Waals surface area contributed by atoms with E-state index in [1.165, 1.54) is 11.3 Å². The van der Waals surface area contributed by atoms with E-state index >= 15 is 0 Å². The number of rotatable bonds is 7. The highest BCUT2D eigenvalue weighted by Crippen LogP contribution is 2.38. The fourth-order valence-corrected chi connectivity index (χ4v) is 5.57. The second-order valence-electron chi connectivity index (χ2n) is 7.44. The summed E-state index contributed by atoms with van der Waals surface area (Å²) in [5.74, 6) is 0.593. The third-order valence-corrected chi connectivity index (χ3v) is 7.15. The topological polar surface area (TPSA) is 83.0 Å². The normalized spacial score (nSPS) is 15.8. The van der Waals surface area contributed by atoms with Crippen LogP contribution in [0.2, 0.25) is 0 Å². The van der Waals surface area contributed by atoms with Crippen molar-refractivity contribution in [3.8, 4) is 5.75 Å². The smallest absolute Gasteiger partial charge is 0.338 e. The number of esters is 1. The molecule has 0 spiro atoms. The summed E-state index contributed by atoms with van der Waals surface area (Å²) in [6, 6.07) is 8.28. The van der Waals surface area contributed by atoms with Crippen LogP contribution in [-0.4, -0.2) is 24.3 Å². The summed E-state index contributed by atoms with van der Waals surface area (Å²) < 4.78 is 20.0. The number of hydrogen-bond acceptors (Lipinski definition) is 7. The van der Waals surface area contributed by atoms with Gasteiger partial charge in [-0.3, -0.25) is 9.36 Å². The Balaban J connectivity index is 2.05. The van der Waals surface area contributed by atoms with Gasteiger partial charge in [0.05, 0.1) is 29.5 Å². The van der Waals surface area contributed by atoms with E-state index in [1.54, 1.807) is 42.9 Å². The number of carbonyl (C=O) groups excluding carboxylic acids is 1. The summed E-state index contributed by atoms with van der Waals surface area (Å²) in [7, 11) is 1.56. The molecular weight excluding hydrogens is 588 g/mol. The molecule has 0 amide bonds. The molecule has 0 fully saturated rings. The maximum Gasteiger partial charge on any atom is 0.338 e. The van der Waals surface area contributed by atoms with Gasteiger partial charge in [-0.05, 0) is 59.6 Å². The number of thiazole rings is 1. The summed E-state index contributed by atoms with van der Waals surface area (Å²) in [4.78, 5) is 32.2. The maximum atomic E-state index is 13.7. The van der Waals surface area contributed by atoms with Gasteiger partial charge in [0.15, 0.2) is 9.47 Å². The fraction of sp³-hybridized carbons (Fsp3) is 0.292. The van der Waals surface area contributed by atoms with Gasteiger partial charge in [0, 0.05) is 16.1 Å². The number of furan rings is 1. The van der Waals surface area contributed by atoms with Crippen LogP contribution in [0.5, 0.6) is 5.75 Å². The van der Waals surface area contributed by atoms with Gasteiger partial charge >= 0.3 is 5.97 Å². The molecule has 0 bridgehead atoms. The number of fused-ring (bicyclic) bond motifs is 1. The number of nitrogens with zero attached hydrogens (tertiary/aromatic N) is 2. The highest BCUT2D eigenvalue weighted by atomic mass is 79.9. The highest BCUT2D eigenvalue weighted by molar-refractivity contribution is 9.10. The third-order valence-electron chi connectivity index (χ3n) is 5.25. The molecule has 4 rings (SSSR count). The van der Waals surface area contributed by atoms with Gasteiger partial charge < -0.3 is 13.9 Å². The Morgan fingerprint density at radius 1 is 1.26 bits per heavy atom. The monoisotopic (exact) mass is 608 g/mol. The molecule has 0 radical (unpaired) electrons. The zero-order valence-corrected chi connectivity index (χ0v) is 22.8. The predicted molar refractivity (Wildman–Crippen MR) is 137 cm³/mol. The molecule has 10 heteroatoms. The van der Waals surface area contributed by atoms with E-state index in [0.717, 1.165) is 10.9 Å². The van der Waals surface area contributed by atoms with Crippen molar-refractivity contribution < 1.29 is 18.7 Å². The molecule has 0 aliphatic carbocycles. The van der Waals surface area contributed by atoms with Gasteiger partial charge in [-0.1, -0.05) is 40.6 Å². The molecule has 178 valence electrons. The van der Waals surface area contributed by atoms with Crippen molar-refractivity contribution in [2.24, 2.45) is 4.99 Å². The van der Waals surface area contributed by atoms with E-state index in [9.17, 15) is 9.59 Å². The minimum Gasteiger partial charge on any atom is -0.496 e. The van der Waals surface area contributed by atoms with Crippen LogP contribution >= 0.6 is 43.2 Å². The van der Waals surface area contributed by atoms with Crippen LogP contribution in [0.25, 0.3) is 6.08 Å². The standard InChI is InChI=1S/C24H22Br2N2O5S/c1-4-6-16-20(23(30)32-5-2)21(15-11-13(25)7-9-17(15)31-3)28-22(29)18(34-24(28)27-16)12-14-8-10-19(26)33-14/h7-12,21H,4-6H2,1-3H3/b18-12+/t21-/m0/s1. The van der Waals surface area contributed by atoms with Crippen molar-refractivity contribution in [1.82, 2.24) is 4.57 Å². The summed E-state index contributed by atoms with van der Waals surface area (Å²) in [5.41, 5.74) is 1.35. The summed E-state index contributed by atoms with van der Waals surface area (Å²) in [6.07, 6.45) is 3.02. The van der Waals surface area contributed by atoms with E-state index in [-0.39, 0.29) is 12.2 Å². The number of hydrogen-bond donors (Lipinski definition) is 0. The van der Waals surface area contributed by atoms with Crippen molar-refractivity contribution in [2.45, 2.75) is 32.7 Å². The molecule has 2 aromatic heterocycles. The Kier molecular flexibility index (Phi) is 7.59. The molecule has 3 aromatic rings. The van der Waals surface area contributed by atoms with Crippen LogP contribution in [0.15, 0.2) is 64.9 Å². The Morgan fingerprint density at radius 3 is 2.71 bits per heavy atom. The number of aromatic nitrogens is 1. The average Bonchev–Trinajstić information content (AvgIpc) is 3.35. The molecule has 1 aliphatic rings. The molecular formula is C24H22Br2N2O5S. The zero-order chi connectivity index (χ0) is 24.4. The van der Waals surface area contributed by atoms with Crippen LogP contribution in [0, 0.1) is 0 Å². The third kappa shape index (κ3) is 4.71. The molecule has 0 saturated carbocycles. The summed E-state index contributed by atoms with van der Waals surface area (Å²) >= 11 is 8.06. The van der Waals surface area contributed by atoms with Gasteiger partial charge in [-0.2, -0.15) is 0 Å². The molecule has 7 nitrogen and oxygen atoms in total. The number of methoxy groups -OCH3 is 1. The Bertz CT molecular complexity index is 1450. The molecule has 1 aromatic carbocycles. The average molecular weight is 610 g/mol. The summed E-state index contributed by atoms with van der Waals surface area (Å²) in [6.45, 7) is 3.98. The van der Waals surface area contributed by atoms with Crippen molar-refractivity contribution >= 4 is 55.2 Å². The first-order valence-corrected chi connectivity index (χ1v) is 13.1. The highest BCUT2D eigenvalue weighted by Gasteiger charge is 2.36. The lowest BCUT2D eigenvalue weighted by Gasteiger charge is -2.27. The van der Waals surface area contributed by atoms with Crippen LogP contribution in [0.4, 0.5) is 0 Å². The van der Waals surface area contributed by atoms with Crippen molar-refractivity contribution in [1.29, 1.82) is 0 Å². The molecule has 34 heavy (non-hydrogen) atoms. The molecule has 3 heterocycles. The van der Waals surface area contributed by atoms with Gasteiger partial charge in [0.25, 0.3) is 5.56 Å². The Morgan fingerprint density at radius 2 is 2.06 bits per heavy atom. The minimum absolute atomic E-state index is 0.210. The zero-order valence-electron chi connectivity index (χ0n) is 18.8. The second-order valence-corrected chi connectivity index (χ2v) is 10.1. The number of benzene rings is 1. The van der Waals surface area contributed by atoms with E-state index < -0.39 is 12.0 Å². The lowest BCUT2D eigenvalue weighted by molar-refractivity contribution is -0.139.